The third-order valence-corrected chi connectivity index (χ3v) is 3.69. The lowest BCUT2D eigenvalue weighted by atomic mass is 10.2. The van der Waals surface area contributed by atoms with E-state index in [0.29, 0.717) is 22.7 Å². The monoisotopic (exact) mass is 355 g/mol. The molecule has 0 saturated carbocycles. The van der Waals surface area contributed by atoms with Gasteiger partial charge < -0.3 is 25.8 Å². The molecule has 3 amide bonds. The molecule has 0 bridgehead atoms. The van der Waals surface area contributed by atoms with Crippen molar-refractivity contribution in [1.29, 1.82) is 0 Å². The third-order valence-electron chi connectivity index (χ3n) is 3.69. The molecule has 1 atom stereocenters. The Morgan fingerprint density at radius 1 is 1.00 bits per heavy atom. The average Bonchev–Trinajstić information content (AvgIpc) is 2.66. The largest absolute Gasteiger partial charge is 0.486 e. The molecule has 1 aliphatic heterocycles. The van der Waals surface area contributed by atoms with E-state index < -0.39 is 23.8 Å². The molecule has 8 heteroatoms. The van der Waals surface area contributed by atoms with Crippen molar-refractivity contribution in [3.8, 4) is 11.5 Å². The molecule has 0 radical (unpaired) electrons. The van der Waals surface area contributed by atoms with Gasteiger partial charge in [-0.15, -0.1) is 0 Å². The average molecular weight is 355 g/mol. The van der Waals surface area contributed by atoms with Crippen LogP contribution in [0.25, 0.3) is 0 Å². The van der Waals surface area contributed by atoms with Crippen LogP contribution in [0.2, 0.25) is 0 Å². The van der Waals surface area contributed by atoms with Crippen LogP contribution in [0.5, 0.6) is 11.5 Å². The zero-order valence-electron chi connectivity index (χ0n) is 13.7. The third kappa shape index (κ3) is 4.10. The van der Waals surface area contributed by atoms with Gasteiger partial charge in [0, 0.05) is 11.3 Å². The minimum Gasteiger partial charge on any atom is -0.486 e. The Hall–Kier alpha value is -3.55. The van der Waals surface area contributed by atoms with Gasteiger partial charge in [0.2, 0.25) is 5.91 Å². The number of nitrogens with two attached hydrogens (primary N) is 1. The Morgan fingerprint density at radius 3 is 2.38 bits per heavy atom. The molecule has 0 fully saturated rings. The Kier molecular flexibility index (Phi) is 5.02. The first kappa shape index (κ1) is 17.3. The second-order valence-electron chi connectivity index (χ2n) is 5.60. The number of anilines is 1. The van der Waals surface area contributed by atoms with Crippen LogP contribution in [0.4, 0.5) is 5.69 Å². The summed E-state index contributed by atoms with van der Waals surface area (Å²) in [5.74, 6) is -0.957. The topological polar surface area (TPSA) is 120 Å². The Morgan fingerprint density at radius 2 is 1.69 bits per heavy atom. The summed E-state index contributed by atoms with van der Waals surface area (Å²) < 4.78 is 11.2. The standard InChI is InChI=1S/C18H17N3O5/c19-16(22)11-5-7-12(8-6-11)21-18(24)17(23)20-9-13-10-25-14-3-1-2-4-15(14)26-13/h1-8,13H,9-10H2,(H2,19,22)(H,20,23)(H,21,24). The van der Waals surface area contributed by atoms with Crippen LogP contribution < -0.4 is 25.8 Å². The molecule has 3 rings (SSSR count). The van der Waals surface area contributed by atoms with Crippen molar-refractivity contribution in [3.63, 3.8) is 0 Å². The van der Waals surface area contributed by atoms with Crippen LogP contribution in [0.1, 0.15) is 10.4 Å². The summed E-state index contributed by atoms with van der Waals surface area (Å²) in [6.45, 7) is 0.398. The van der Waals surface area contributed by atoms with Crippen LogP contribution in [-0.2, 0) is 9.59 Å². The van der Waals surface area contributed by atoms with Crippen molar-refractivity contribution in [2.24, 2.45) is 5.73 Å². The van der Waals surface area contributed by atoms with Crippen LogP contribution in [-0.4, -0.2) is 37.0 Å². The molecule has 1 aliphatic rings. The highest BCUT2D eigenvalue weighted by atomic mass is 16.6. The second-order valence-corrected chi connectivity index (χ2v) is 5.60. The molecule has 0 aliphatic carbocycles. The molecule has 1 unspecified atom stereocenters. The van der Waals surface area contributed by atoms with Gasteiger partial charge in [-0.05, 0) is 36.4 Å². The highest BCUT2D eigenvalue weighted by Crippen LogP contribution is 2.30. The first-order chi connectivity index (χ1) is 12.5. The number of para-hydroxylation sites is 2. The number of benzene rings is 2. The number of carbonyl (C=O) groups is 3. The Balaban J connectivity index is 1.49. The number of rotatable bonds is 4. The molecule has 26 heavy (non-hydrogen) atoms. The SMILES string of the molecule is NC(=O)c1ccc(NC(=O)C(=O)NCC2COc3ccccc3O2)cc1. The van der Waals surface area contributed by atoms with Gasteiger partial charge in [-0.1, -0.05) is 12.1 Å². The van der Waals surface area contributed by atoms with E-state index in [1.54, 1.807) is 12.1 Å². The molecule has 8 nitrogen and oxygen atoms in total. The van der Waals surface area contributed by atoms with Gasteiger partial charge in [-0.25, -0.2) is 0 Å². The molecule has 1 heterocycles. The summed E-state index contributed by atoms with van der Waals surface area (Å²) in [6.07, 6.45) is -0.392. The lowest BCUT2D eigenvalue weighted by Gasteiger charge is -2.26. The summed E-state index contributed by atoms with van der Waals surface area (Å²) in [4.78, 5) is 34.8. The summed E-state index contributed by atoms with van der Waals surface area (Å²) in [7, 11) is 0. The smallest absolute Gasteiger partial charge is 0.313 e. The fraction of sp³-hybridized carbons (Fsp3) is 0.167. The maximum Gasteiger partial charge on any atom is 0.313 e. The number of amides is 3. The van der Waals surface area contributed by atoms with E-state index in [4.69, 9.17) is 15.2 Å². The molecule has 0 aromatic heterocycles. The minimum absolute atomic E-state index is 0.126. The van der Waals surface area contributed by atoms with Gasteiger partial charge in [0.05, 0.1) is 6.54 Å². The summed E-state index contributed by atoms with van der Waals surface area (Å²) in [6, 6.07) is 13.1. The van der Waals surface area contributed by atoms with E-state index in [0.717, 1.165) is 0 Å². The van der Waals surface area contributed by atoms with E-state index in [1.165, 1.54) is 24.3 Å². The number of hydrogen-bond donors (Lipinski definition) is 3. The number of carbonyl (C=O) groups excluding carboxylic acids is 3. The van der Waals surface area contributed by atoms with Crippen molar-refractivity contribution in [2.45, 2.75) is 6.10 Å². The van der Waals surface area contributed by atoms with Gasteiger partial charge in [0.15, 0.2) is 11.5 Å². The van der Waals surface area contributed by atoms with Crippen molar-refractivity contribution in [2.75, 3.05) is 18.5 Å². The van der Waals surface area contributed by atoms with Gasteiger partial charge in [0.25, 0.3) is 0 Å². The van der Waals surface area contributed by atoms with Crippen LogP contribution in [0.3, 0.4) is 0 Å². The van der Waals surface area contributed by atoms with Crippen LogP contribution in [0.15, 0.2) is 48.5 Å². The first-order valence-corrected chi connectivity index (χ1v) is 7.90. The Labute approximate surface area is 149 Å². The van der Waals surface area contributed by atoms with Crippen LogP contribution in [0, 0.1) is 0 Å². The van der Waals surface area contributed by atoms with E-state index >= 15 is 0 Å². The fourth-order valence-electron chi connectivity index (χ4n) is 2.36. The normalized spacial score (nSPS) is 15.0. The minimum atomic E-state index is -0.825. The van der Waals surface area contributed by atoms with Gasteiger partial charge in [-0.2, -0.15) is 0 Å². The maximum atomic E-state index is 11.9. The van der Waals surface area contributed by atoms with Crippen LogP contribution >= 0.6 is 0 Å². The van der Waals surface area contributed by atoms with Crippen molar-refractivity contribution >= 4 is 23.4 Å². The van der Waals surface area contributed by atoms with Gasteiger partial charge in [0.1, 0.15) is 12.7 Å². The summed E-state index contributed by atoms with van der Waals surface area (Å²) in [5.41, 5.74) is 5.82. The molecular formula is C18H17N3O5. The lowest BCUT2D eigenvalue weighted by molar-refractivity contribution is -0.136. The molecule has 4 N–H and O–H groups in total. The number of primary amides is 1. The summed E-state index contributed by atoms with van der Waals surface area (Å²) >= 11 is 0. The molecular weight excluding hydrogens is 338 g/mol. The predicted molar refractivity (Wildman–Crippen MR) is 93.0 cm³/mol. The van der Waals surface area contributed by atoms with E-state index in [-0.39, 0.29) is 13.2 Å². The van der Waals surface area contributed by atoms with Gasteiger partial charge >= 0.3 is 11.8 Å². The number of hydrogen-bond acceptors (Lipinski definition) is 5. The molecule has 2 aromatic rings. The molecule has 134 valence electrons. The predicted octanol–water partition coefficient (Wildman–Crippen LogP) is 0.680. The highest BCUT2D eigenvalue weighted by molar-refractivity contribution is 6.39. The zero-order valence-corrected chi connectivity index (χ0v) is 13.7. The summed E-state index contributed by atoms with van der Waals surface area (Å²) in [5, 5.41) is 4.94. The molecule has 2 aromatic carbocycles. The number of ether oxygens (including phenoxy) is 2. The quantitative estimate of drug-likeness (QED) is 0.697. The second kappa shape index (κ2) is 7.56. The van der Waals surface area contributed by atoms with Gasteiger partial charge in [-0.3, -0.25) is 14.4 Å². The Bertz CT molecular complexity index is 835. The highest BCUT2D eigenvalue weighted by Gasteiger charge is 2.22. The number of nitrogens with one attached hydrogen (secondary N) is 2. The van der Waals surface area contributed by atoms with Crippen molar-refractivity contribution in [3.05, 3.63) is 54.1 Å². The number of fused-ring (bicyclic) bond motifs is 1. The first-order valence-electron chi connectivity index (χ1n) is 7.90. The lowest BCUT2D eigenvalue weighted by Crippen LogP contribution is -2.44. The van der Waals surface area contributed by atoms with Crippen molar-refractivity contribution < 1.29 is 23.9 Å². The van der Waals surface area contributed by atoms with E-state index in [9.17, 15) is 14.4 Å². The fourth-order valence-corrected chi connectivity index (χ4v) is 2.36. The van der Waals surface area contributed by atoms with E-state index in [1.807, 2.05) is 12.1 Å². The zero-order chi connectivity index (χ0) is 18.5. The molecule has 0 saturated heterocycles. The molecule has 0 spiro atoms. The maximum absolute atomic E-state index is 11.9. The van der Waals surface area contributed by atoms with Crippen molar-refractivity contribution in [1.82, 2.24) is 5.32 Å². The van der Waals surface area contributed by atoms with E-state index in [2.05, 4.69) is 10.6 Å².